The van der Waals surface area contributed by atoms with E-state index in [-0.39, 0.29) is 18.7 Å². The summed E-state index contributed by atoms with van der Waals surface area (Å²) >= 11 is 0. The van der Waals surface area contributed by atoms with Gasteiger partial charge >= 0.3 is 12.2 Å². The zero-order chi connectivity index (χ0) is 32.0. The maximum absolute atomic E-state index is 13.8. The van der Waals surface area contributed by atoms with Crippen LogP contribution >= 0.6 is 0 Å². The van der Waals surface area contributed by atoms with Gasteiger partial charge in [-0.25, -0.2) is 9.59 Å². The highest BCUT2D eigenvalue weighted by molar-refractivity contribution is 5.98. The van der Waals surface area contributed by atoms with E-state index in [4.69, 9.17) is 9.57 Å². The molecule has 4 bridgehead atoms. The Morgan fingerprint density at radius 3 is 2.13 bits per heavy atom. The lowest BCUT2D eigenvalue weighted by atomic mass is 9.52. The van der Waals surface area contributed by atoms with Crippen molar-refractivity contribution in [2.75, 3.05) is 54.0 Å². The first-order chi connectivity index (χ1) is 22.9. The molecule has 3 aromatic carbocycles. The molecule has 0 aromatic heterocycles. The first-order valence-corrected chi connectivity index (χ1v) is 17.1. The SMILES string of the molecule is O=C(OCc1ccccc1)ON1CCN(c2ccc(N3CCN(C(=O)NC4[C@@H]5CC6C[C@H]4CC(O)(C6)C5)c4ccccc43)cc2)CC1. The number of hydroxylamine groups is 2. The van der Waals surface area contributed by atoms with Crippen LogP contribution in [0, 0.1) is 17.8 Å². The third-order valence-electron chi connectivity index (χ3n) is 11.0. The van der Waals surface area contributed by atoms with E-state index in [9.17, 15) is 14.7 Å². The van der Waals surface area contributed by atoms with Crippen LogP contribution < -0.4 is 20.0 Å². The minimum atomic E-state index is -0.683. The molecule has 1 saturated heterocycles. The molecule has 47 heavy (non-hydrogen) atoms. The van der Waals surface area contributed by atoms with Crippen LogP contribution in [0.5, 0.6) is 0 Å². The van der Waals surface area contributed by atoms with Gasteiger partial charge in [-0.05, 0) is 91.8 Å². The molecular formula is C37H43N5O5. The van der Waals surface area contributed by atoms with Crippen LogP contribution in [0.25, 0.3) is 0 Å². The molecule has 10 nitrogen and oxygen atoms in total. The summed E-state index contributed by atoms with van der Waals surface area (Å²) in [5, 5.41) is 16.1. The summed E-state index contributed by atoms with van der Waals surface area (Å²) in [4.78, 5) is 37.8. The number of anilines is 4. The molecule has 2 N–H and O–H groups in total. The molecule has 2 heterocycles. The maximum atomic E-state index is 13.8. The number of carbonyl (C=O) groups excluding carboxylic acids is 2. The Morgan fingerprint density at radius 2 is 1.43 bits per heavy atom. The summed E-state index contributed by atoms with van der Waals surface area (Å²) in [6, 6.07) is 26.4. The molecule has 246 valence electrons. The lowest BCUT2D eigenvalue weighted by Crippen LogP contribution is -2.63. The van der Waals surface area contributed by atoms with Crippen molar-refractivity contribution in [1.29, 1.82) is 0 Å². The van der Waals surface area contributed by atoms with E-state index in [1.807, 2.05) is 53.4 Å². The number of rotatable bonds is 6. The second-order valence-corrected chi connectivity index (χ2v) is 14.0. The molecule has 10 heteroatoms. The summed E-state index contributed by atoms with van der Waals surface area (Å²) < 4.78 is 5.26. The number of fused-ring (bicyclic) bond motifs is 1. The van der Waals surface area contributed by atoms with Gasteiger partial charge in [0.05, 0.1) is 30.1 Å². The van der Waals surface area contributed by atoms with Gasteiger partial charge in [-0.2, -0.15) is 0 Å². The molecule has 5 fully saturated rings. The number of aliphatic hydroxyl groups is 1. The molecule has 5 atom stereocenters. The van der Waals surface area contributed by atoms with Gasteiger partial charge in [0.15, 0.2) is 0 Å². The van der Waals surface area contributed by atoms with Crippen LogP contribution in [-0.4, -0.2) is 73.3 Å². The van der Waals surface area contributed by atoms with Crippen molar-refractivity contribution < 1.29 is 24.3 Å². The highest BCUT2D eigenvalue weighted by atomic mass is 16.8. The largest absolute Gasteiger partial charge is 0.528 e. The first kappa shape index (κ1) is 30.1. The number of para-hydroxylation sites is 2. The monoisotopic (exact) mass is 637 g/mol. The van der Waals surface area contributed by atoms with Crippen molar-refractivity contribution in [3.8, 4) is 0 Å². The Bertz CT molecular complexity index is 1580. The predicted octanol–water partition coefficient (Wildman–Crippen LogP) is 5.68. The van der Waals surface area contributed by atoms with Crippen molar-refractivity contribution in [3.05, 3.63) is 84.4 Å². The smallest absolute Gasteiger partial charge is 0.428 e. The van der Waals surface area contributed by atoms with Crippen LogP contribution in [0.1, 0.15) is 37.7 Å². The van der Waals surface area contributed by atoms with Gasteiger partial charge in [-0.3, -0.25) is 4.90 Å². The van der Waals surface area contributed by atoms with Crippen LogP contribution in [0.15, 0.2) is 78.9 Å². The molecule has 3 aromatic rings. The summed E-state index contributed by atoms with van der Waals surface area (Å²) in [7, 11) is 0. The van der Waals surface area contributed by atoms with E-state index in [0.29, 0.717) is 43.9 Å². The van der Waals surface area contributed by atoms with Crippen LogP contribution in [-0.2, 0) is 16.2 Å². The van der Waals surface area contributed by atoms with Gasteiger partial charge in [0.25, 0.3) is 0 Å². The first-order valence-electron chi connectivity index (χ1n) is 17.1. The Kier molecular flexibility index (Phi) is 7.93. The molecule has 2 amide bonds. The third-order valence-corrected chi connectivity index (χ3v) is 11.0. The number of amides is 2. The fraction of sp³-hybridized carbons (Fsp3) is 0.459. The lowest BCUT2D eigenvalue weighted by Gasteiger charge is -2.58. The van der Waals surface area contributed by atoms with Gasteiger partial charge in [-0.1, -0.05) is 42.5 Å². The molecule has 4 saturated carbocycles. The van der Waals surface area contributed by atoms with E-state index in [2.05, 4.69) is 45.4 Å². The normalized spacial score (nSPS) is 28.1. The van der Waals surface area contributed by atoms with Crippen molar-refractivity contribution in [3.63, 3.8) is 0 Å². The maximum Gasteiger partial charge on any atom is 0.528 e. The number of carbonyl (C=O) groups is 2. The number of benzene rings is 3. The molecule has 0 spiro atoms. The lowest BCUT2D eigenvalue weighted by molar-refractivity contribution is -0.136. The van der Waals surface area contributed by atoms with Crippen molar-refractivity contribution in [1.82, 2.24) is 10.4 Å². The Morgan fingerprint density at radius 1 is 0.766 bits per heavy atom. The van der Waals surface area contributed by atoms with Gasteiger partial charge in [0.1, 0.15) is 6.61 Å². The second-order valence-electron chi connectivity index (χ2n) is 14.0. The van der Waals surface area contributed by atoms with Gasteiger partial charge in [-0.15, -0.1) is 5.06 Å². The number of nitrogens with zero attached hydrogens (tertiary/aromatic N) is 4. The summed E-state index contributed by atoms with van der Waals surface area (Å²) in [6.07, 6.45) is 4.14. The van der Waals surface area contributed by atoms with Gasteiger partial charge in [0.2, 0.25) is 0 Å². The standard InChI is InChI=1S/C37H43N5O5/c43-35(38-34-28-20-27-21-29(34)24-37(45,22-27)23-28)42-19-18-41(32-8-4-5-9-33(32)42)31-12-10-30(11-13-31)39-14-16-40(17-15-39)47-36(44)46-25-26-6-2-1-3-7-26/h1-13,27-29,34,45H,14-25H2,(H,38,43)/t27?,28-,29+,34?,37?. The number of piperazine rings is 1. The average molecular weight is 638 g/mol. The minimum Gasteiger partial charge on any atom is -0.428 e. The zero-order valence-corrected chi connectivity index (χ0v) is 26.7. The van der Waals surface area contributed by atoms with Crippen LogP contribution in [0.4, 0.5) is 32.3 Å². The number of hydrogen-bond donors (Lipinski definition) is 2. The fourth-order valence-electron chi connectivity index (χ4n) is 9.01. The summed E-state index contributed by atoms with van der Waals surface area (Å²) in [5.41, 5.74) is 4.55. The van der Waals surface area contributed by atoms with Crippen LogP contribution in [0.2, 0.25) is 0 Å². The quantitative estimate of drug-likeness (QED) is 0.333. The summed E-state index contributed by atoms with van der Waals surface area (Å²) in [5.74, 6) is 1.37. The van der Waals surface area contributed by atoms with Crippen molar-refractivity contribution in [2.45, 2.75) is 50.4 Å². The molecule has 6 aliphatic rings. The number of ether oxygens (including phenoxy) is 1. The van der Waals surface area contributed by atoms with Crippen molar-refractivity contribution >= 4 is 34.9 Å². The number of urea groups is 1. The Balaban J connectivity index is 0.869. The fourth-order valence-corrected chi connectivity index (χ4v) is 9.01. The van der Waals surface area contributed by atoms with E-state index >= 15 is 0 Å². The van der Waals surface area contributed by atoms with Gasteiger partial charge < -0.3 is 29.8 Å². The average Bonchev–Trinajstić information content (AvgIpc) is 3.08. The molecule has 3 unspecified atom stereocenters. The highest BCUT2D eigenvalue weighted by Gasteiger charge is 2.55. The predicted molar refractivity (Wildman–Crippen MR) is 180 cm³/mol. The minimum absolute atomic E-state index is 0.0236. The van der Waals surface area contributed by atoms with Crippen molar-refractivity contribution in [2.24, 2.45) is 17.8 Å². The van der Waals surface area contributed by atoms with E-state index in [1.165, 1.54) is 0 Å². The Labute approximate surface area is 275 Å². The van der Waals surface area contributed by atoms with Gasteiger partial charge in [0, 0.05) is 43.6 Å². The molecule has 0 radical (unpaired) electrons. The van der Waals surface area contributed by atoms with E-state index in [1.54, 1.807) is 5.06 Å². The number of nitrogens with one attached hydrogen (secondary N) is 1. The second kappa shape index (κ2) is 12.4. The molecule has 2 aliphatic heterocycles. The Hall–Kier alpha value is -4.28. The highest BCUT2D eigenvalue weighted by Crippen LogP contribution is 2.55. The molecule has 9 rings (SSSR count). The molecule has 4 aliphatic carbocycles. The summed E-state index contributed by atoms with van der Waals surface area (Å²) in [6.45, 7) is 4.10. The van der Waals surface area contributed by atoms with E-state index in [0.717, 1.165) is 73.5 Å². The molecular weight excluding hydrogens is 594 g/mol. The van der Waals surface area contributed by atoms with Crippen LogP contribution in [0.3, 0.4) is 0 Å². The third kappa shape index (κ3) is 6.12. The topological polar surface area (TPSA) is 97.8 Å². The van der Waals surface area contributed by atoms with E-state index < -0.39 is 11.8 Å². The number of hydrogen-bond acceptors (Lipinski definition) is 8. The zero-order valence-electron chi connectivity index (χ0n) is 26.7.